The zero-order chi connectivity index (χ0) is 20.0. The Morgan fingerprint density at radius 2 is 1.81 bits per heavy atom. The molecular weight excluding hydrogens is 369 g/mol. The number of rotatable bonds is 7. The predicted molar refractivity (Wildman–Crippen MR) is 104 cm³/mol. The van der Waals surface area contributed by atoms with E-state index in [4.69, 9.17) is 11.6 Å². The fourth-order valence-electron chi connectivity index (χ4n) is 2.66. The number of aryl methyl sites for hydroxylation is 1. The van der Waals surface area contributed by atoms with Gasteiger partial charge in [-0.3, -0.25) is 9.59 Å². The van der Waals surface area contributed by atoms with Crippen LogP contribution in [0.3, 0.4) is 0 Å². The Morgan fingerprint density at radius 1 is 1.11 bits per heavy atom. The van der Waals surface area contributed by atoms with Crippen molar-refractivity contribution in [3.63, 3.8) is 0 Å². The highest BCUT2D eigenvalue weighted by atomic mass is 35.5. The summed E-state index contributed by atoms with van der Waals surface area (Å²) in [6.45, 7) is 4.14. The van der Waals surface area contributed by atoms with Crippen molar-refractivity contribution in [2.75, 3.05) is 25.5 Å². The molecule has 7 heteroatoms. The second-order valence-corrected chi connectivity index (χ2v) is 6.99. The topological polar surface area (TPSA) is 62.6 Å². The lowest BCUT2D eigenvalue weighted by Crippen LogP contribution is -3.09. The number of amides is 2. The summed E-state index contributed by atoms with van der Waals surface area (Å²) >= 11 is 6.01. The van der Waals surface area contributed by atoms with Crippen molar-refractivity contribution < 1.29 is 18.9 Å². The molecule has 0 fully saturated rings. The molecule has 0 saturated heterocycles. The number of halogens is 2. The van der Waals surface area contributed by atoms with Crippen LogP contribution in [0.1, 0.15) is 16.7 Å². The zero-order valence-corrected chi connectivity index (χ0v) is 16.4. The summed E-state index contributed by atoms with van der Waals surface area (Å²) in [6, 6.07) is 10.1. The number of benzene rings is 2. The van der Waals surface area contributed by atoms with Gasteiger partial charge in [-0.15, -0.1) is 0 Å². The van der Waals surface area contributed by atoms with Gasteiger partial charge in [-0.25, -0.2) is 4.39 Å². The van der Waals surface area contributed by atoms with Crippen molar-refractivity contribution in [2.45, 2.75) is 20.4 Å². The van der Waals surface area contributed by atoms with Gasteiger partial charge in [0.15, 0.2) is 6.54 Å². The van der Waals surface area contributed by atoms with Gasteiger partial charge in [0, 0.05) is 5.69 Å². The third kappa shape index (κ3) is 6.05. The smallest absolute Gasteiger partial charge is 0.275 e. The van der Waals surface area contributed by atoms with Crippen LogP contribution in [0.4, 0.5) is 10.1 Å². The van der Waals surface area contributed by atoms with Crippen LogP contribution < -0.4 is 15.5 Å². The van der Waals surface area contributed by atoms with Gasteiger partial charge in [0.25, 0.3) is 5.91 Å². The SMILES string of the molecule is Cc1cccc(NC(=O)CNC(=O)C[NH+](C)Cc2c(F)cccc2Cl)c1C. The third-order valence-electron chi connectivity index (χ3n) is 4.33. The highest BCUT2D eigenvalue weighted by Crippen LogP contribution is 2.18. The molecule has 0 saturated carbocycles. The number of carbonyl (C=O) groups excluding carboxylic acids is 2. The summed E-state index contributed by atoms with van der Waals surface area (Å²) in [4.78, 5) is 24.9. The molecule has 0 bridgehead atoms. The van der Waals surface area contributed by atoms with Gasteiger partial charge in [0.2, 0.25) is 5.91 Å². The van der Waals surface area contributed by atoms with Crippen LogP contribution in [0.15, 0.2) is 36.4 Å². The maximum absolute atomic E-state index is 13.8. The lowest BCUT2D eigenvalue weighted by atomic mass is 10.1. The fraction of sp³-hybridized carbons (Fsp3) is 0.300. The second-order valence-electron chi connectivity index (χ2n) is 6.58. The van der Waals surface area contributed by atoms with Gasteiger partial charge in [-0.05, 0) is 43.2 Å². The molecule has 1 unspecified atom stereocenters. The van der Waals surface area contributed by atoms with E-state index in [1.54, 1.807) is 13.1 Å². The lowest BCUT2D eigenvalue weighted by molar-refractivity contribution is -0.885. The van der Waals surface area contributed by atoms with Crippen molar-refractivity contribution in [3.8, 4) is 0 Å². The molecule has 0 aliphatic heterocycles. The van der Waals surface area contributed by atoms with Crippen molar-refractivity contribution in [2.24, 2.45) is 0 Å². The molecule has 2 rings (SSSR count). The van der Waals surface area contributed by atoms with E-state index in [1.165, 1.54) is 12.1 Å². The van der Waals surface area contributed by atoms with Crippen LogP contribution in [-0.2, 0) is 16.1 Å². The molecule has 0 aliphatic carbocycles. The molecular formula is C20H24ClFN3O2+. The Kier molecular flexibility index (Phi) is 7.33. The summed E-state index contributed by atoms with van der Waals surface area (Å²) in [6.07, 6.45) is 0. The highest BCUT2D eigenvalue weighted by Gasteiger charge is 2.16. The summed E-state index contributed by atoms with van der Waals surface area (Å²) < 4.78 is 13.8. The molecule has 0 aliphatic rings. The number of hydrogen-bond donors (Lipinski definition) is 3. The van der Waals surface area contributed by atoms with E-state index < -0.39 is 5.82 Å². The van der Waals surface area contributed by atoms with Gasteiger partial charge in [-0.1, -0.05) is 29.8 Å². The minimum Gasteiger partial charge on any atom is -0.342 e. The average Bonchev–Trinajstić information content (AvgIpc) is 2.60. The van der Waals surface area contributed by atoms with Gasteiger partial charge in [0.05, 0.1) is 24.2 Å². The largest absolute Gasteiger partial charge is 0.342 e. The van der Waals surface area contributed by atoms with Crippen LogP contribution in [0.25, 0.3) is 0 Å². The molecule has 0 heterocycles. The fourth-order valence-corrected chi connectivity index (χ4v) is 2.89. The molecule has 2 aromatic rings. The Bertz CT molecular complexity index is 822. The number of likely N-dealkylation sites (N-methyl/N-ethyl adjacent to an activating group) is 1. The first-order valence-electron chi connectivity index (χ1n) is 8.65. The highest BCUT2D eigenvalue weighted by molar-refractivity contribution is 6.31. The van der Waals surface area contributed by atoms with Crippen LogP contribution in [0, 0.1) is 19.7 Å². The van der Waals surface area contributed by atoms with Crippen molar-refractivity contribution >= 4 is 29.1 Å². The van der Waals surface area contributed by atoms with Gasteiger partial charge in [-0.2, -0.15) is 0 Å². The van der Waals surface area contributed by atoms with E-state index in [-0.39, 0.29) is 31.4 Å². The van der Waals surface area contributed by atoms with Crippen LogP contribution in [0.5, 0.6) is 0 Å². The number of nitrogens with one attached hydrogen (secondary N) is 3. The maximum Gasteiger partial charge on any atom is 0.275 e. The average molecular weight is 393 g/mol. The molecule has 2 amide bonds. The van der Waals surface area contributed by atoms with Crippen LogP contribution in [0.2, 0.25) is 5.02 Å². The van der Waals surface area contributed by atoms with Crippen LogP contribution in [-0.4, -0.2) is 32.0 Å². The first kappa shape index (κ1) is 20.9. The molecule has 0 radical (unpaired) electrons. The normalized spacial score (nSPS) is 11.7. The molecule has 0 aromatic heterocycles. The summed E-state index contributed by atoms with van der Waals surface area (Å²) in [5.74, 6) is -0.988. The van der Waals surface area contributed by atoms with E-state index in [1.807, 2.05) is 32.0 Å². The van der Waals surface area contributed by atoms with E-state index in [2.05, 4.69) is 10.6 Å². The second kappa shape index (κ2) is 9.48. The van der Waals surface area contributed by atoms with E-state index in [0.717, 1.165) is 21.7 Å². The number of carbonyl (C=O) groups is 2. The molecule has 1 atom stereocenters. The predicted octanol–water partition coefficient (Wildman–Crippen LogP) is 1.87. The molecule has 144 valence electrons. The van der Waals surface area contributed by atoms with Gasteiger partial charge in [0.1, 0.15) is 12.4 Å². The molecule has 0 spiro atoms. The standard InChI is InChI=1S/C20H23ClFN3O2/c1-13-6-4-9-18(14(13)2)24-19(26)10-23-20(27)12-25(3)11-15-16(21)7-5-8-17(15)22/h4-9H,10-12H2,1-3H3,(H,23,27)(H,24,26)/p+1. The Hall–Kier alpha value is -2.44. The third-order valence-corrected chi connectivity index (χ3v) is 4.68. The van der Waals surface area contributed by atoms with E-state index in [9.17, 15) is 14.0 Å². The molecule has 27 heavy (non-hydrogen) atoms. The molecule has 2 aromatic carbocycles. The first-order valence-corrected chi connectivity index (χ1v) is 9.02. The van der Waals surface area contributed by atoms with Gasteiger partial charge < -0.3 is 15.5 Å². The maximum atomic E-state index is 13.8. The van der Waals surface area contributed by atoms with Crippen molar-refractivity contribution in [3.05, 3.63) is 63.9 Å². The summed E-state index contributed by atoms with van der Waals surface area (Å²) in [5.41, 5.74) is 3.17. The Labute approximate surface area is 163 Å². The van der Waals surface area contributed by atoms with E-state index >= 15 is 0 Å². The quantitative estimate of drug-likeness (QED) is 0.673. The van der Waals surface area contributed by atoms with Crippen molar-refractivity contribution in [1.29, 1.82) is 0 Å². The monoisotopic (exact) mass is 392 g/mol. The summed E-state index contributed by atoms with van der Waals surface area (Å²) in [5, 5.41) is 5.71. The molecule has 3 N–H and O–H groups in total. The van der Waals surface area contributed by atoms with Crippen molar-refractivity contribution in [1.82, 2.24) is 5.32 Å². The summed E-state index contributed by atoms with van der Waals surface area (Å²) in [7, 11) is 1.76. The Balaban J connectivity index is 1.81. The minimum atomic E-state index is -0.393. The zero-order valence-electron chi connectivity index (χ0n) is 15.7. The minimum absolute atomic E-state index is 0.0986. The Morgan fingerprint density at radius 3 is 2.52 bits per heavy atom. The first-order chi connectivity index (χ1) is 12.8. The number of hydrogen-bond acceptors (Lipinski definition) is 2. The molecule has 5 nitrogen and oxygen atoms in total. The van der Waals surface area contributed by atoms with Crippen LogP contribution >= 0.6 is 11.6 Å². The number of anilines is 1. The lowest BCUT2D eigenvalue weighted by Gasteiger charge is -2.15. The number of quaternary nitrogens is 1. The van der Waals surface area contributed by atoms with E-state index in [0.29, 0.717) is 10.6 Å². The van der Waals surface area contributed by atoms with Gasteiger partial charge >= 0.3 is 0 Å².